The molecule has 0 aliphatic carbocycles. The van der Waals surface area contributed by atoms with Crippen LogP contribution in [-0.4, -0.2) is 19.5 Å². The van der Waals surface area contributed by atoms with E-state index in [0.29, 0.717) is 18.2 Å². The lowest BCUT2D eigenvalue weighted by Gasteiger charge is -1.95. The molecule has 0 bridgehead atoms. The first-order chi connectivity index (χ1) is 9.63. The summed E-state index contributed by atoms with van der Waals surface area (Å²) in [6.45, 7) is 2.21. The van der Waals surface area contributed by atoms with Gasteiger partial charge in [-0.15, -0.1) is 11.3 Å². The van der Waals surface area contributed by atoms with Gasteiger partial charge in [-0.1, -0.05) is 6.07 Å². The van der Waals surface area contributed by atoms with Crippen LogP contribution in [0.15, 0.2) is 34.5 Å². The Morgan fingerprint density at radius 1 is 1.55 bits per heavy atom. The fourth-order valence-electron chi connectivity index (χ4n) is 1.78. The fourth-order valence-corrected chi connectivity index (χ4v) is 2.43. The third-order valence-electron chi connectivity index (χ3n) is 2.76. The van der Waals surface area contributed by atoms with Crippen molar-refractivity contribution in [2.45, 2.75) is 13.5 Å². The summed E-state index contributed by atoms with van der Waals surface area (Å²) in [4.78, 5) is 19.2. The van der Waals surface area contributed by atoms with E-state index >= 15 is 0 Å². The Labute approximate surface area is 117 Å². The van der Waals surface area contributed by atoms with Crippen LogP contribution in [0.5, 0.6) is 0 Å². The maximum absolute atomic E-state index is 10.6. The van der Waals surface area contributed by atoms with Crippen molar-refractivity contribution in [3.8, 4) is 10.8 Å². The van der Waals surface area contributed by atoms with Gasteiger partial charge in [-0.05, 0) is 28.3 Å². The van der Waals surface area contributed by atoms with Gasteiger partial charge in [0.2, 0.25) is 12.2 Å². The molecule has 0 aromatic carbocycles. The van der Waals surface area contributed by atoms with Crippen LogP contribution in [0.1, 0.15) is 11.5 Å². The molecule has 3 rings (SSSR count). The predicted molar refractivity (Wildman–Crippen MR) is 72.5 cm³/mol. The number of rotatable bonds is 4. The second kappa shape index (κ2) is 4.89. The Balaban J connectivity index is 1.85. The van der Waals surface area contributed by atoms with Gasteiger partial charge in [0.15, 0.2) is 0 Å². The minimum absolute atomic E-state index is 0.176. The van der Waals surface area contributed by atoms with E-state index in [1.54, 1.807) is 15.9 Å². The Morgan fingerprint density at radius 2 is 2.40 bits per heavy atom. The molecule has 0 amide bonds. The molecule has 3 heterocycles. The lowest BCUT2D eigenvalue weighted by Crippen LogP contribution is -1.98. The van der Waals surface area contributed by atoms with Gasteiger partial charge in [-0.2, -0.15) is 0 Å². The SMILES string of the molecule is Cc1oc(-c2cccs2)nc1Cn1cnc([N+](=O)[O-])c1. The first kappa shape index (κ1) is 12.5. The summed E-state index contributed by atoms with van der Waals surface area (Å²) in [7, 11) is 0. The number of hydrogen-bond acceptors (Lipinski definition) is 6. The van der Waals surface area contributed by atoms with E-state index in [1.165, 1.54) is 12.5 Å². The summed E-state index contributed by atoms with van der Waals surface area (Å²) in [5.74, 6) is 1.09. The van der Waals surface area contributed by atoms with E-state index in [4.69, 9.17) is 4.42 Å². The Bertz CT molecular complexity index is 745. The molecule has 102 valence electrons. The first-order valence-corrected chi connectivity index (χ1v) is 6.68. The van der Waals surface area contributed by atoms with Crippen molar-refractivity contribution < 1.29 is 9.34 Å². The molecule has 0 saturated heterocycles. The molecule has 20 heavy (non-hydrogen) atoms. The van der Waals surface area contributed by atoms with E-state index in [-0.39, 0.29) is 5.82 Å². The van der Waals surface area contributed by atoms with E-state index in [1.807, 2.05) is 24.4 Å². The molecule has 0 aliphatic heterocycles. The van der Waals surface area contributed by atoms with Crippen molar-refractivity contribution in [2.75, 3.05) is 0 Å². The summed E-state index contributed by atoms with van der Waals surface area (Å²) in [5, 5.41) is 12.5. The van der Waals surface area contributed by atoms with Gasteiger partial charge in [0.05, 0.1) is 11.4 Å². The second-order valence-electron chi connectivity index (χ2n) is 4.16. The summed E-state index contributed by atoms with van der Waals surface area (Å²) >= 11 is 1.55. The Morgan fingerprint density at radius 3 is 3.05 bits per heavy atom. The highest BCUT2D eigenvalue weighted by atomic mass is 32.1. The normalized spacial score (nSPS) is 10.8. The maximum Gasteiger partial charge on any atom is 0.381 e. The van der Waals surface area contributed by atoms with Crippen LogP contribution >= 0.6 is 11.3 Å². The highest BCUT2D eigenvalue weighted by Crippen LogP contribution is 2.26. The molecule has 0 fully saturated rings. The molecule has 0 N–H and O–H groups in total. The Kier molecular flexibility index (Phi) is 3.07. The number of oxazole rings is 1. The second-order valence-corrected chi connectivity index (χ2v) is 5.11. The van der Waals surface area contributed by atoms with Gasteiger partial charge in [0, 0.05) is 0 Å². The van der Waals surface area contributed by atoms with Crippen LogP contribution in [0.4, 0.5) is 5.82 Å². The molecular weight excluding hydrogens is 280 g/mol. The number of aromatic nitrogens is 3. The van der Waals surface area contributed by atoms with E-state index in [9.17, 15) is 10.1 Å². The first-order valence-electron chi connectivity index (χ1n) is 5.80. The smallest absolute Gasteiger partial charge is 0.381 e. The lowest BCUT2D eigenvalue weighted by atomic mass is 10.3. The third-order valence-corrected chi connectivity index (χ3v) is 3.62. The van der Waals surface area contributed by atoms with Gasteiger partial charge in [0.1, 0.15) is 17.7 Å². The number of imidazole rings is 1. The molecule has 3 aromatic heterocycles. The molecule has 3 aromatic rings. The molecule has 8 heteroatoms. The zero-order valence-corrected chi connectivity index (χ0v) is 11.3. The van der Waals surface area contributed by atoms with Crippen LogP contribution in [0.3, 0.4) is 0 Å². The van der Waals surface area contributed by atoms with Crippen LogP contribution in [0.2, 0.25) is 0 Å². The topological polar surface area (TPSA) is 87.0 Å². The number of nitrogens with zero attached hydrogens (tertiary/aromatic N) is 4. The summed E-state index contributed by atoms with van der Waals surface area (Å²) in [5.41, 5.74) is 0.737. The molecule has 0 radical (unpaired) electrons. The zero-order chi connectivity index (χ0) is 14.1. The number of nitro groups is 1. The number of hydrogen-bond donors (Lipinski definition) is 0. The van der Waals surface area contributed by atoms with Gasteiger partial charge >= 0.3 is 5.82 Å². The Hall–Kier alpha value is -2.48. The van der Waals surface area contributed by atoms with Crippen LogP contribution in [0.25, 0.3) is 10.8 Å². The van der Waals surface area contributed by atoms with Crippen LogP contribution < -0.4 is 0 Å². The minimum atomic E-state index is -0.525. The van der Waals surface area contributed by atoms with Gasteiger partial charge in [-0.25, -0.2) is 4.98 Å². The van der Waals surface area contributed by atoms with Gasteiger partial charge < -0.3 is 19.1 Å². The third kappa shape index (κ3) is 2.32. The monoisotopic (exact) mass is 290 g/mol. The average Bonchev–Trinajstić information content (AvgIpc) is 3.11. The molecular formula is C12H10N4O3S. The largest absolute Gasteiger partial charge is 0.440 e. The molecule has 7 nitrogen and oxygen atoms in total. The molecule has 0 atom stereocenters. The van der Waals surface area contributed by atoms with E-state index < -0.39 is 4.92 Å². The minimum Gasteiger partial charge on any atom is -0.440 e. The highest BCUT2D eigenvalue weighted by Gasteiger charge is 2.15. The number of aryl methyl sites for hydroxylation is 1. The van der Waals surface area contributed by atoms with Gasteiger partial charge in [0.25, 0.3) is 0 Å². The maximum atomic E-state index is 10.6. The molecule has 0 saturated carbocycles. The number of thiophene rings is 1. The molecule has 0 aliphatic rings. The van der Waals surface area contributed by atoms with Crippen molar-refractivity contribution in [3.63, 3.8) is 0 Å². The predicted octanol–water partition coefficient (Wildman–Crippen LogP) is 2.86. The van der Waals surface area contributed by atoms with Gasteiger partial charge in [-0.3, -0.25) is 0 Å². The van der Waals surface area contributed by atoms with Crippen LogP contribution in [0, 0.1) is 17.0 Å². The van der Waals surface area contributed by atoms with Crippen molar-refractivity contribution >= 4 is 17.2 Å². The average molecular weight is 290 g/mol. The van der Waals surface area contributed by atoms with Crippen LogP contribution in [-0.2, 0) is 6.54 Å². The van der Waals surface area contributed by atoms with Crippen molar-refractivity contribution in [1.82, 2.24) is 14.5 Å². The van der Waals surface area contributed by atoms with E-state index in [2.05, 4.69) is 9.97 Å². The standard InChI is InChI=1S/C12H10N4O3S/c1-8-9(5-15-6-11(13-7-15)16(17)18)14-12(19-8)10-3-2-4-20-10/h2-4,6-7H,5H2,1H3. The molecule has 0 spiro atoms. The highest BCUT2D eigenvalue weighted by molar-refractivity contribution is 7.13. The zero-order valence-electron chi connectivity index (χ0n) is 10.5. The fraction of sp³-hybridized carbons (Fsp3) is 0.167. The van der Waals surface area contributed by atoms with E-state index in [0.717, 1.165) is 10.6 Å². The summed E-state index contributed by atoms with van der Waals surface area (Å²) in [6.07, 6.45) is 2.79. The van der Waals surface area contributed by atoms with Crippen molar-refractivity contribution in [2.24, 2.45) is 0 Å². The summed E-state index contributed by atoms with van der Waals surface area (Å²) in [6, 6.07) is 3.86. The molecule has 0 unspecified atom stereocenters. The quantitative estimate of drug-likeness (QED) is 0.544. The summed E-state index contributed by atoms with van der Waals surface area (Å²) < 4.78 is 7.23. The van der Waals surface area contributed by atoms with Crippen molar-refractivity contribution in [1.29, 1.82) is 0 Å². The lowest BCUT2D eigenvalue weighted by molar-refractivity contribution is -0.389. The van der Waals surface area contributed by atoms with Crippen molar-refractivity contribution in [3.05, 3.63) is 51.6 Å².